The summed E-state index contributed by atoms with van der Waals surface area (Å²) in [7, 11) is -3.18. The molecule has 0 saturated heterocycles. The average Bonchev–Trinajstić information content (AvgIpc) is 2.93. The standard InChI is InChI=1S/C11H23NO3S/c1-11(2,3)6-9-16(14,15)12(7-8-13)10-4-5-10/h10,13H,4-9H2,1-3H3. The van der Waals surface area contributed by atoms with Crippen LogP contribution < -0.4 is 0 Å². The lowest BCUT2D eigenvalue weighted by molar-refractivity contribution is 0.249. The van der Waals surface area contributed by atoms with Crippen LogP contribution in [0.15, 0.2) is 0 Å². The van der Waals surface area contributed by atoms with Gasteiger partial charge in [0.25, 0.3) is 0 Å². The van der Waals surface area contributed by atoms with E-state index in [1.165, 1.54) is 4.31 Å². The summed E-state index contributed by atoms with van der Waals surface area (Å²) in [6.45, 7) is 6.27. The van der Waals surface area contributed by atoms with Gasteiger partial charge in [-0.2, -0.15) is 4.31 Å². The van der Waals surface area contributed by atoms with E-state index in [1.807, 2.05) is 20.8 Å². The molecule has 0 unspecified atom stereocenters. The lowest BCUT2D eigenvalue weighted by Gasteiger charge is -2.24. The number of aliphatic hydroxyl groups excluding tert-OH is 1. The number of hydrogen-bond donors (Lipinski definition) is 1. The minimum absolute atomic E-state index is 0.0293. The molecule has 96 valence electrons. The highest BCUT2D eigenvalue weighted by atomic mass is 32.2. The summed E-state index contributed by atoms with van der Waals surface area (Å²) >= 11 is 0. The van der Waals surface area contributed by atoms with Gasteiger partial charge in [-0.15, -0.1) is 0 Å². The highest BCUT2D eigenvalue weighted by Crippen LogP contribution is 2.30. The highest BCUT2D eigenvalue weighted by molar-refractivity contribution is 7.89. The molecule has 0 aromatic carbocycles. The first-order chi connectivity index (χ1) is 7.26. The van der Waals surface area contributed by atoms with Crippen molar-refractivity contribution in [3.8, 4) is 0 Å². The Labute approximate surface area is 98.7 Å². The Kier molecular flexibility index (Phi) is 4.37. The first kappa shape index (κ1) is 13.9. The molecule has 0 aromatic rings. The predicted molar refractivity (Wildman–Crippen MR) is 64.7 cm³/mol. The van der Waals surface area contributed by atoms with Crippen molar-refractivity contribution in [2.45, 2.75) is 46.1 Å². The van der Waals surface area contributed by atoms with E-state index >= 15 is 0 Å². The van der Waals surface area contributed by atoms with Gasteiger partial charge in [-0.25, -0.2) is 8.42 Å². The molecule has 0 amide bonds. The molecular weight excluding hydrogens is 226 g/mol. The second-order valence-electron chi connectivity index (χ2n) is 5.69. The normalized spacial score (nSPS) is 18.1. The van der Waals surface area contributed by atoms with E-state index in [0.29, 0.717) is 6.42 Å². The van der Waals surface area contributed by atoms with Gasteiger partial charge in [0.2, 0.25) is 10.0 Å². The second kappa shape index (κ2) is 5.02. The summed E-state index contributed by atoms with van der Waals surface area (Å²) < 4.78 is 25.6. The van der Waals surface area contributed by atoms with Crippen molar-refractivity contribution in [3.63, 3.8) is 0 Å². The van der Waals surface area contributed by atoms with Crippen LogP contribution in [0.4, 0.5) is 0 Å². The van der Waals surface area contributed by atoms with Crippen molar-refractivity contribution in [2.24, 2.45) is 5.41 Å². The van der Waals surface area contributed by atoms with Crippen LogP contribution >= 0.6 is 0 Å². The van der Waals surface area contributed by atoms with Gasteiger partial charge in [0, 0.05) is 12.6 Å². The third-order valence-electron chi connectivity index (χ3n) is 2.74. The van der Waals surface area contributed by atoms with E-state index in [-0.39, 0.29) is 30.4 Å². The van der Waals surface area contributed by atoms with E-state index in [2.05, 4.69) is 0 Å². The molecule has 5 heteroatoms. The third kappa shape index (κ3) is 4.39. The molecular formula is C11H23NO3S. The molecule has 0 aromatic heterocycles. The first-order valence-electron chi connectivity index (χ1n) is 5.87. The van der Waals surface area contributed by atoms with E-state index in [9.17, 15) is 8.42 Å². The van der Waals surface area contributed by atoms with Gasteiger partial charge < -0.3 is 5.11 Å². The maximum Gasteiger partial charge on any atom is 0.214 e. The van der Waals surface area contributed by atoms with Gasteiger partial charge in [0.05, 0.1) is 12.4 Å². The summed E-state index contributed by atoms with van der Waals surface area (Å²) in [4.78, 5) is 0. The van der Waals surface area contributed by atoms with Crippen molar-refractivity contribution in [1.29, 1.82) is 0 Å². The molecule has 0 spiro atoms. The van der Waals surface area contributed by atoms with Crippen LogP contribution in [0.2, 0.25) is 0 Å². The third-order valence-corrected chi connectivity index (χ3v) is 4.66. The maximum absolute atomic E-state index is 12.1. The minimum Gasteiger partial charge on any atom is -0.395 e. The molecule has 1 N–H and O–H groups in total. The van der Waals surface area contributed by atoms with Gasteiger partial charge in [-0.3, -0.25) is 0 Å². The summed E-state index contributed by atoms with van der Waals surface area (Å²) in [6.07, 6.45) is 2.54. The molecule has 0 atom stereocenters. The smallest absolute Gasteiger partial charge is 0.214 e. The topological polar surface area (TPSA) is 57.6 Å². The number of aliphatic hydroxyl groups is 1. The molecule has 0 aliphatic heterocycles. The van der Waals surface area contributed by atoms with Crippen LogP contribution in [-0.2, 0) is 10.0 Å². The van der Waals surface area contributed by atoms with Crippen LogP contribution in [0.25, 0.3) is 0 Å². The molecule has 0 heterocycles. The lowest BCUT2D eigenvalue weighted by Crippen LogP contribution is -2.37. The zero-order valence-electron chi connectivity index (χ0n) is 10.4. The van der Waals surface area contributed by atoms with E-state index in [1.54, 1.807) is 0 Å². The molecule has 1 aliphatic carbocycles. The minimum atomic E-state index is -3.18. The molecule has 1 rings (SSSR count). The highest BCUT2D eigenvalue weighted by Gasteiger charge is 2.36. The SMILES string of the molecule is CC(C)(C)CCS(=O)(=O)N(CCO)C1CC1. The summed E-state index contributed by atoms with van der Waals surface area (Å²) in [5.41, 5.74) is 0.0293. The molecule has 0 bridgehead atoms. The summed E-state index contributed by atoms with van der Waals surface area (Å²) in [6, 6.07) is 0.150. The molecule has 0 radical (unpaired) electrons. The zero-order chi connectivity index (χ0) is 12.4. The van der Waals surface area contributed by atoms with Crippen molar-refractivity contribution in [1.82, 2.24) is 4.31 Å². The Morgan fingerprint density at radius 2 is 1.88 bits per heavy atom. The fraction of sp³-hybridized carbons (Fsp3) is 1.00. The van der Waals surface area contributed by atoms with Crippen LogP contribution in [0, 0.1) is 5.41 Å². The lowest BCUT2D eigenvalue weighted by atomic mass is 9.94. The van der Waals surface area contributed by atoms with Crippen molar-refractivity contribution >= 4 is 10.0 Å². The quantitative estimate of drug-likeness (QED) is 0.770. The maximum atomic E-state index is 12.1. The Bertz CT molecular complexity index is 315. The van der Waals surface area contributed by atoms with Gasteiger partial charge in [0.15, 0.2) is 0 Å². The Hall–Kier alpha value is -0.130. The monoisotopic (exact) mass is 249 g/mol. The van der Waals surface area contributed by atoms with Crippen molar-refractivity contribution < 1.29 is 13.5 Å². The molecule has 1 aliphatic rings. The number of nitrogens with zero attached hydrogens (tertiary/aromatic N) is 1. The Morgan fingerprint density at radius 3 is 2.25 bits per heavy atom. The average molecular weight is 249 g/mol. The molecule has 4 nitrogen and oxygen atoms in total. The molecule has 1 fully saturated rings. The Balaban J connectivity index is 2.59. The van der Waals surface area contributed by atoms with Crippen LogP contribution in [-0.4, -0.2) is 42.8 Å². The predicted octanol–water partition coefficient (Wildman–Crippen LogP) is 1.21. The van der Waals surface area contributed by atoms with Crippen LogP contribution in [0.5, 0.6) is 0 Å². The zero-order valence-corrected chi connectivity index (χ0v) is 11.3. The van der Waals surface area contributed by atoms with Crippen molar-refractivity contribution in [2.75, 3.05) is 18.9 Å². The largest absolute Gasteiger partial charge is 0.395 e. The van der Waals surface area contributed by atoms with Crippen LogP contribution in [0.1, 0.15) is 40.0 Å². The fourth-order valence-electron chi connectivity index (χ4n) is 1.56. The van der Waals surface area contributed by atoms with Gasteiger partial charge in [-0.1, -0.05) is 20.8 Å². The Morgan fingerprint density at radius 1 is 1.31 bits per heavy atom. The van der Waals surface area contributed by atoms with E-state index < -0.39 is 10.0 Å². The number of hydrogen-bond acceptors (Lipinski definition) is 3. The van der Waals surface area contributed by atoms with E-state index in [4.69, 9.17) is 5.11 Å². The van der Waals surface area contributed by atoms with Gasteiger partial charge in [-0.05, 0) is 24.7 Å². The number of rotatable bonds is 6. The van der Waals surface area contributed by atoms with Gasteiger partial charge in [0.1, 0.15) is 0 Å². The first-order valence-corrected chi connectivity index (χ1v) is 7.47. The fourth-order valence-corrected chi connectivity index (χ4v) is 3.69. The summed E-state index contributed by atoms with van der Waals surface area (Å²) in [5.74, 6) is 0.188. The van der Waals surface area contributed by atoms with Gasteiger partial charge >= 0.3 is 0 Å². The van der Waals surface area contributed by atoms with Crippen molar-refractivity contribution in [3.05, 3.63) is 0 Å². The van der Waals surface area contributed by atoms with E-state index in [0.717, 1.165) is 12.8 Å². The second-order valence-corrected chi connectivity index (χ2v) is 7.73. The summed E-state index contributed by atoms with van der Waals surface area (Å²) in [5, 5.41) is 8.90. The van der Waals surface area contributed by atoms with Crippen LogP contribution in [0.3, 0.4) is 0 Å². The molecule has 16 heavy (non-hydrogen) atoms. The molecule has 1 saturated carbocycles. The number of sulfonamides is 1.